The summed E-state index contributed by atoms with van der Waals surface area (Å²) in [6.07, 6.45) is 0. The summed E-state index contributed by atoms with van der Waals surface area (Å²) in [7, 11) is 0. The lowest BCUT2D eigenvalue weighted by atomic mass is 10.1. The molecular weight excluding hydrogens is 292 g/mol. The number of hydrogen-bond donors (Lipinski definition) is 0. The lowest BCUT2D eigenvalue weighted by Crippen LogP contribution is -2.08. The zero-order valence-electron chi connectivity index (χ0n) is 10.7. The molecule has 0 saturated heterocycles. The normalized spacial score (nSPS) is 10.7. The van der Waals surface area contributed by atoms with E-state index < -0.39 is 0 Å². The lowest BCUT2D eigenvalue weighted by Gasteiger charge is -2.08. The fourth-order valence-electron chi connectivity index (χ4n) is 2.05. The molecule has 0 unspecified atom stereocenters. The van der Waals surface area contributed by atoms with Gasteiger partial charge in [-0.3, -0.25) is 0 Å². The second-order valence-electron chi connectivity index (χ2n) is 4.41. The summed E-state index contributed by atoms with van der Waals surface area (Å²) in [6, 6.07) is 13.0. The molecule has 3 rings (SSSR count). The molecule has 1 heterocycles. The first-order valence-corrected chi connectivity index (χ1v) is 7.36. The molecule has 20 heavy (non-hydrogen) atoms. The minimum absolute atomic E-state index is 0.329. The van der Waals surface area contributed by atoms with Crippen LogP contribution in [-0.2, 0) is 0 Å². The fraction of sp³-hybridized carbons (Fsp3) is 0.0625. The van der Waals surface area contributed by atoms with Crippen molar-refractivity contribution in [3.8, 4) is 5.75 Å². The Kier molecular flexibility index (Phi) is 3.47. The summed E-state index contributed by atoms with van der Waals surface area (Å²) in [5.74, 6) is 0.202. The average molecular weight is 303 g/mol. The van der Waals surface area contributed by atoms with Crippen LogP contribution in [0.1, 0.15) is 15.2 Å². The second-order valence-corrected chi connectivity index (χ2v) is 5.74. The molecule has 100 valence electrons. The van der Waals surface area contributed by atoms with Crippen LogP contribution in [0.15, 0.2) is 47.8 Å². The molecule has 1 aromatic heterocycles. The van der Waals surface area contributed by atoms with Gasteiger partial charge < -0.3 is 4.74 Å². The summed E-state index contributed by atoms with van der Waals surface area (Å²) in [5.41, 5.74) is 0.929. The number of halogens is 1. The molecule has 2 nitrogen and oxygen atoms in total. The van der Waals surface area contributed by atoms with Gasteiger partial charge in [0.1, 0.15) is 10.6 Å². The van der Waals surface area contributed by atoms with E-state index in [0.29, 0.717) is 15.6 Å². The van der Waals surface area contributed by atoms with Crippen molar-refractivity contribution in [3.05, 3.63) is 63.3 Å². The van der Waals surface area contributed by atoms with Gasteiger partial charge in [0.25, 0.3) is 0 Å². The highest BCUT2D eigenvalue weighted by molar-refractivity contribution is 7.12. The first kappa shape index (κ1) is 13.2. The fourth-order valence-corrected chi connectivity index (χ4v) is 3.08. The standard InChI is InChI=1S/C16H11ClO2S/c1-10-8-9-20-15(10)16(18)19-14-7-6-13(17)11-4-2-3-5-12(11)14/h2-9H,1H3. The Morgan fingerprint density at radius 2 is 1.85 bits per heavy atom. The van der Waals surface area contributed by atoms with E-state index in [2.05, 4.69) is 0 Å². The van der Waals surface area contributed by atoms with Crippen molar-refractivity contribution in [2.75, 3.05) is 0 Å². The van der Waals surface area contributed by atoms with Gasteiger partial charge in [0.15, 0.2) is 0 Å². The Morgan fingerprint density at radius 3 is 2.55 bits per heavy atom. The molecule has 0 fully saturated rings. The van der Waals surface area contributed by atoms with Crippen molar-refractivity contribution in [2.45, 2.75) is 6.92 Å². The maximum Gasteiger partial charge on any atom is 0.353 e. The Balaban J connectivity index is 2.02. The van der Waals surface area contributed by atoms with Gasteiger partial charge in [0.05, 0.1) is 0 Å². The van der Waals surface area contributed by atoms with Crippen LogP contribution in [0.25, 0.3) is 10.8 Å². The first-order valence-electron chi connectivity index (χ1n) is 6.10. The molecular formula is C16H11ClO2S. The van der Waals surface area contributed by atoms with Crippen LogP contribution in [0, 0.1) is 6.92 Å². The van der Waals surface area contributed by atoms with Gasteiger partial charge in [0.2, 0.25) is 0 Å². The number of benzene rings is 2. The number of ether oxygens (including phenoxy) is 1. The van der Waals surface area contributed by atoms with E-state index in [1.54, 1.807) is 12.1 Å². The Bertz CT molecular complexity index is 792. The van der Waals surface area contributed by atoms with Crippen LogP contribution in [0.5, 0.6) is 5.75 Å². The van der Waals surface area contributed by atoms with Gasteiger partial charge in [0, 0.05) is 15.8 Å². The van der Waals surface area contributed by atoms with Crippen molar-refractivity contribution in [1.29, 1.82) is 0 Å². The maximum atomic E-state index is 12.2. The van der Waals surface area contributed by atoms with Gasteiger partial charge >= 0.3 is 5.97 Å². The zero-order valence-corrected chi connectivity index (χ0v) is 12.3. The van der Waals surface area contributed by atoms with Gasteiger partial charge in [-0.2, -0.15) is 0 Å². The first-order chi connectivity index (χ1) is 9.66. The molecule has 0 aliphatic rings. The van der Waals surface area contributed by atoms with Crippen LogP contribution < -0.4 is 4.74 Å². The Morgan fingerprint density at radius 1 is 1.10 bits per heavy atom. The highest BCUT2D eigenvalue weighted by Gasteiger charge is 2.15. The van der Waals surface area contributed by atoms with E-state index in [1.807, 2.05) is 42.6 Å². The van der Waals surface area contributed by atoms with E-state index in [4.69, 9.17) is 16.3 Å². The smallest absolute Gasteiger partial charge is 0.353 e. The predicted octanol–water partition coefficient (Wildman–Crippen LogP) is 5.08. The van der Waals surface area contributed by atoms with Crippen molar-refractivity contribution >= 4 is 39.7 Å². The summed E-state index contributed by atoms with van der Waals surface area (Å²) >= 11 is 7.54. The Hall–Kier alpha value is -1.84. The van der Waals surface area contributed by atoms with Gasteiger partial charge in [-0.15, -0.1) is 11.3 Å². The lowest BCUT2D eigenvalue weighted by molar-refractivity contribution is 0.0741. The number of aryl methyl sites for hydroxylation is 1. The van der Waals surface area contributed by atoms with Crippen molar-refractivity contribution in [2.24, 2.45) is 0 Å². The number of fused-ring (bicyclic) bond motifs is 1. The molecule has 0 atom stereocenters. The third-order valence-corrected chi connectivity index (χ3v) is 4.41. The van der Waals surface area contributed by atoms with Crippen LogP contribution >= 0.6 is 22.9 Å². The van der Waals surface area contributed by atoms with Crippen molar-refractivity contribution in [3.63, 3.8) is 0 Å². The molecule has 0 spiro atoms. The summed E-state index contributed by atoms with van der Waals surface area (Å²) < 4.78 is 5.52. The SMILES string of the molecule is Cc1ccsc1C(=O)Oc1ccc(Cl)c2ccccc12. The minimum atomic E-state index is -0.329. The molecule has 0 aliphatic carbocycles. The third-order valence-electron chi connectivity index (χ3n) is 3.08. The van der Waals surface area contributed by atoms with Gasteiger partial charge in [-0.1, -0.05) is 35.9 Å². The van der Waals surface area contributed by atoms with Gasteiger partial charge in [-0.25, -0.2) is 4.79 Å². The highest BCUT2D eigenvalue weighted by Crippen LogP contribution is 2.32. The molecule has 0 saturated carbocycles. The maximum absolute atomic E-state index is 12.2. The van der Waals surface area contributed by atoms with E-state index in [-0.39, 0.29) is 5.97 Å². The van der Waals surface area contributed by atoms with Crippen LogP contribution in [0.2, 0.25) is 5.02 Å². The highest BCUT2D eigenvalue weighted by atomic mass is 35.5. The number of hydrogen-bond acceptors (Lipinski definition) is 3. The largest absolute Gasteiger partial charge is 0.422 e. The molecule has 0 N–H and O–H groups in total. The summed E-state index contributed by atoms with van der Waals surface area (Å²) in [5, 5.41) is 4.24. The van der Waals surface area contributed by atoms with E-state index in [1.165, 1.54) is 11.3 Å². The molecule has 2 aromatic carbocycles. The van der Waals surface area contributed by atoms with Gasteiger partial charge in [-0.05, 0) is 36.1 Å². The number of rotatable bonds is 2. The minimum Gasteiger partial charge on any atom is -0.422 e. The van der Waals surface area contributed by atoms with Crippen LogP contribution in [0.4, 0.5) is 0 Å². The topological polar surface area (TPSA) is 26.3 Å². The average Bonchev–Trinajstić information content (AvgIpc) is 2.88. The number of carbonyl (C=O) groups excluding carboxylic acids is 1. The molecule has 4 heteroatoms. The van der Waals surface area contributed by atoms with E-state index >= 15 is 0 Å². The molecule has 0 aliphatic heterocycles. The molecule has 3 aromatic rings. The number of carbonyl (C=O) groups is 1. The second kappa shape index (κ2) is 5.27. The molecule has 0 bridgehead atoms. The van der Waals surface area contributed by atoms with E-state index in [0.717, 1.165) is 16.3 Å². The number of thiophene rings is 1. The van der Waals surface area contributed by atoms with E-state index in [9.17, 15) is 4.79 Å². The van der Waals surface area contributed by atoms with Crippen molar-refractivity contribution in [1.82, 2.24) is 0 Å². The number of esters is 1. The molecule has 0 radical (unpaired) electrons. The van der Waals surface area contributed by atoms with Crippen LogP contribution in [-0.4, -0.2) is 5.97 Å². The third kappa shape index (κ3) is 2.30. The summed E-state index contributed by atoms with van der Waals surface area (Å²) in [4.78, 5) is 12.8. The Labute approximate surface area is 125 Å². The summed E-state index contributed by atoms with van der Waals surface area (Å²) in [6.45, 7) is 1.90. The van der Waals surface area contributed by atoms with Crippen LogP contribution in [0.3, 0.4) is 0 Å². The zero-order chi connectivity index (χ0) is 14.1. The monoisotopic (exact) mass is 302 g/mol. The molecule has 0 amide bonds. The quantitative estimate of drug-likeness (QED) is 0.487. The predicted molar refractivity (Wildman–Crippen MR) is 83.0 cm³/mol. The van der Waals surface area contributed by atoms with Crippen molar-refractivity contribution < 1.29 is 9.53 Å².